The lowest BCUT2D eigenvalue weighted by Gasteiger charge is -2.26. The zero-order valence-electron chi connectivity index (χ0n) is 13.6. The van der Waals surface area contributed by atoms with Gasteiger partial charge in [0.1, 0.15) is 5.82 Å². The Labute approximate surface area is 144 Å². The highest BCUT2D eigenvalue weighted by Crippen LogP contribution is 2.20. The van der Waals surface area contributed by atoms with Crippen molar-refractivity contribution in [2.24, 2.45) is 0 Å². The molecule has 0 saturated carbocycles. The fourth-order valence-corrected chi connectivity index (χ4v) is 2.99. The molecule has 2 heterocycles. The molecule has 0 fully saturated rings. The first kappa shape index (κ1) is 16.7. The molecule has 2 N–H and O–H groups in total. The number of H-pyrrole nitrogens is 1. The van der Waals surface area contributed by atoms with Gasteiger partial charge in [-0.15, -0.1) is 0 Å². The van der Waals surface area contributed by atoms with Gasteiger partial charge in [-0.3, -0.25) is 14.5 Å². The lowest BCUT2D eigenvalue weighted by atomic mass is 10.1. The van der Waals surface area contributed by atoms with E-state index in [1.807, 2.05) is 24.0 Å². The van der Waals surface area contributed by atoms with Crippen molar-refractivity contribution in [3.8, 4) is 0 Å². The monoisotopic (exact) mass is 346 g/mol. The van der Waals surface area contributed by atoms with E-state index in [2.05, 4.69) is 15.3 Å². The van der Waals surface area contributed by atoms with Crippen LogP contribution in [0.25, 0.3) is 0 Å². The molecule has 3 rings (SSSR count). The van der Waals surface area contributed by atoms with Crippen LogP contribution in [0.4, 0.5) is 5.69 Å². The Morgan fingerprint density at radius 3 is 2.96 bits per heavy atom. The molecule has 126 valence electrons. The maximum atomic E-state index is 12.2. The van der Waals surface area contributed by atoms with Crippen molar-refractivity contribution >= 4 is 23.2 Å². The summed E-state index contributed by atoms with van der Waals surface area (Å²) in [5.74, 6) is 0.496. The number of aromatic amines is 1. The van der Waals surface area contributed by atoms with Gasteiger partial charge in [-0.1, -0.05) is 17.7 Å². The topological polar surface area (TPSA) is 78.1 Å². The van der Waals surface area contributed by atoms with Gasteiger partial charge in [0.05, 0.1) is 17.8 Å². The van der Waals surface area contributed by atoms with Gasteiger partial charge in [0.25, 0.3) is 5.56 Å². The van der Waals surface area contributed by atoms with Crippen LogP contribution in [0.1, 0.15) is 22.6 Å². The second-order valence-electron chi connectivity index (χ2n) is 6.05. The Hall–Kier alpha value is -2.18. The van der Waals surface area contributed by atoms with Crippen LogP contribution in [0, 0.1) is 13.8 Å². The molecule has 0 unspecified atom stereocenters. The van der Waals surface area contributed by atoms with Gasteiger partial charge in [0.2, 0.25) is 5.91 Å². The molecule has 1 amide bonds. The van der Waals surface area contributed by atoms with E-state index in [-0.39, 0.29) is 18.0 Å². The third kappa shape index (κ3) is 3.66. The highest BCUT2D eigenvalue weighted by Gasteiger charge is 2.22. The molecular formula is C17H19ClN4O2. The number of amides is 1. The Morgan fingerprint density at radius 1 is 1.42 bits per heavy atom. The number of fused-ring (bicyclic) bond motifs is 1. The molecule has 0 aliphatic carbocycles. The second-order valence-corrected chi connectivity index (χ2v) is 6.46. The standard InChI is InChI=1S/C17H19ClN4O2/c1-10-3-4-12(7-14(10)18)21-16(23)9-22-6-5-15-13(8-22)17(24)20-11(2)19-15/h3-4,7H,5-6,8-9H2,1-2H3,(H,21,23)(H,19,20,24). The van der Waals surface area contributed by atoms with Crippen molar-refractivity contribution in [2.75, 3.05) is 18.4 Å². The zero-order chi connectivity index (χ0) is 17.3. The van der Waals surface area contributed by atoms with Gasteiger partial charge < -0.3 is 10.3 Å². The number of nitrogens with one attached hydrogen (secondary N) is 2. The fourth-order valence-electron chi connectivity index (χ4n) is 2.81. The summed E-state index contributed by atoms with van der Waals surface area (Å²) in [6, 6.07) is 5.42. The summed E-state index contributed by atoms with van der Waals surface area (Å²) in [6.45, 7) is 5.03. The molecule has 7 heteroatoms. The lowest BCUT2D eigenvalue weighted by molar-refractivity contribution is -0.117. The van der Waals surface area contributed by atoms with E-state index < -0.39 is 0 Å². The molecule has 0 radical (unpaired) electrons. The molecule has 0 spiro atoms. The predicted octanol–water partition coefficient (Wildman–Crippen LogP) is 2.04. The molecule has 0 atom stereocenters. The number of aryl methyl sites for hydroxylation is 2. The van der Waals surface area contributed by atoms with Gasteiger partial charge in [-0.25, -0.2) is 4.98 Å². The predicted molar refractivity (Wildman–Crippen MR) is 93.4 cm³/mol. The van der Waals surface area contributed by atoms with Crippen LogP contribution in [0.15, 0.2) is 23.0 Å². The summed E-state index contributed by atoms with van der Waals surface area (Å²) in [6.07, 6.45) is 0.670. The first-order chi connectivity index (χ1) is 11.4. The molecule has 6 nitrogen and oxygen atoms in total. The largest absolute Gasteiger partial charge is 0.325 e. The van der Waals surface area contributed by atoms with Crippen LogP contribution >= 0.6 is 11.6 Å². The SMILES string of the molecule is Cc1nc2c(c(=O)[nH]1)CN(CC(=O)Nc1ccc(C)c(Cl)c1)CC2. The van der Waals surface area contributed by atoms with Crippen molar-refractivity contribution in [1.29, 1.82) is 0 Å². The van der Waals surface area contributed by atoms with Crippen molar-refractivity contribution in [1.82, 2.24) is 14.9 Å². The molecule has 0 saturated heterocycles. The summed E-state index contributed by atoms with van der Waals surface area (Å²) in [7, 11) is 0. The molecule has 24 heavy (non-hydrogen) atoms. The first-order valence-corrected chi connectivity index (χ1v) is 8.17. The summed E-state index contributed by atoms with van der Waals surface area (Å²) in [5.41, 5.74) is 3.00. The number of carbonyl (C=O) groups excluding carboxylic acids is 1. The Balaban J connectivity index is 1.65. The van der Waals surface area contributed by atoms with Crippen LogP contribution in [-0.4, -0.2) is 33.9 Å². The smallest absolute Gasteiger partial charge is 0.255 e. The van der Waals surface area contributed by atoms with Crippen molar-refractivity contribution in [3.63, 3.8) is 0 Å². The average molecular weight is 347 g/mol. The molecule has 2 aromatic rings. The summed E-state index contributed by atoms with van der Waals surface area (Å²) in [5, 5.41) is 3.46. The third-order valence-corrected chi connectivity index (χ3v) is 4.50. The number of hydrogen-bond donors (Lipinski definition) is 2. The number of nitrogens with zero attached hydrogens (tertiary/aromatic N) is 2. The Morgan fingerprint density at radius 2 is 2.21 bits per heavy atom. The Bertz CT molecular complexity index is 847. The normalized spacial score (nSPS) is 14.3. The molecule has 1 aliphatic rings. The molecule has 0 bridgehead atoms. The van der Waals surface area contributed by atoms with E-state index in [1.165, 1.54) is 0 Å². The van der Waals surface area contributed by atoms with Crippen LogP contribution in [0.3, 0.4) is 0 Å². The van der Waals surface area contributed by atoms with E-state index in [0.717, 1.165) is 11.3 Å². The van der Waals surface area contributed by atoms with Crippen LogP contribution < -0.4 is 10.9 Å². The summed E-state index contributed by atoms with van der Waals surface area (Å²) < 4.78 is 0. The van der Waals surface area contributed by atoms with Crippen LogP contribution in [0.5, 0.6) is 0 Å². The average Bonchev–Trinajstić information content (AvgIpc) is 2.51. The van der Waals surface area contributed by atoms with E-state index in [4.69, 9.17) is 11.6 Å². The Kier molecular flexibility index (Phi) is 4.69. The van der Waals surface area contributed by atoms with Crippen molar-refractivity contribution < 1.29 is 4.79 Å². The number of carbonyl (C=O) groups is 1. The zero-order valence-corrected chi connectivity index (χ0v) is 14.4. The van der Waals surface area contributed by atoms with Crippen LogP contribution in [0.2, 0.25) is 5.02 Å². The first-order valence-electron chi connectivity index (χ1n) is 7.79. The maximum Gasteiger partial charge on any atom is 0.255 e. The minimum Gasteiger partial charge on any atom is -0.325 e. The second kappa shape index (κ2) is 6.75. The number of hydrogen-bond acceptors (Lipinski definition) is 4. The highest BCUT2D eigenvalue weighted by molar-refractivity contribution is 6.31. The number of aromatic nitrogens is 2. The summed E-state index contributed by atoms with van der Waals surface area (Å²) in [4.78, 5) is 33.3. The molecular weight excluding hydrogens is 328 g/mol. The van der Waals surface area contributed by atoms with E-state index in [1.54, 1.807) is 13.0 Å². The lowest BCUT2D eigenvalue weighted by Crippen LogP contribution is -2.40. The number of rotatable bonds is 3. The quantitative estimate of drug-likeness (QED) is 0.891. The van der Waals surface area contributed by atoms with E-state index >= 15 is 0 Å². The summed E-state index contributed by atoms with van der Waals surface area (Å²) >= 11 is 6.07. The molecule has 1 aliphatic heterocycles. The number of halogens is 1. The minimum atomic E-state index is -0.130. The van der Waals surface area contributed by atoms with Gasteiger partial charge in [0.15, 0.2) is 0 Å². The minimum absolute atomic E-state index is 0.118. The molecule has 1 aromatic heterocycles. The van der Waals surface area contributed by atoms with E-state index in [9.17, 15) is 9.59 Å². The highest BCUT2D eigenvalue weighted by atomic mass is 35.5. The van der Waals surface area contributed by atoms with Crippen molar-refractivity contribution in [3.05, 3.63) is 56.2 Å². The van der Waals surface area contributed by atoms with Crippen LogP contribution in [-0.2, 0) is 17.8 Å². The fraction of sp³-hybridized carbons (Fsp3) is 0.353. The number of anilines is 1. The van der Waals surface area contributed by atoms with Gasteiger partial charge in [-0.05, 0) is 31.5 Å². The van der Waals surface area contributed by atoms with Gasteiger partial charge in [0, 0.05) is 30.2 Å². The van der Waals surface area contributed by atoms with Crippen molar-refractivity contribution in [2.45, 2.75) is 26.8 Å². The van der Waals surface area contributed by atoms with E-state index in [0.29, 0.717) is 41.6 Å². The van der Waals surface area contributed by atoms with Gasteiger partial charge >= 0.3 is 0 Å². The van der Waals surface area contributed by atoms with Gasteiger partial charge in [-0.2, -0.15) is 0 Å². The third-order valence-electron chi connectivity index (χ3n) is 4.09. The maximum absolute atomic E-state index is 12.2. The number of benzene rings is 1. The molecule has 1 aromatic carbocycles.